The Morgan fingerprint density at radius 1 is 1.15 bits per heavy atom. The Hall–Kier alpha value is -2.25. The Kier molecular flexibility index (Phi) is 6.58. The Balaban J connectivity index is 1.76. The van der Waals surface area contributed by atoms with Crippen molar-refractivity contribution in [3.8, 4) is 17.2 Å². The maximum absolute atomic E-state index is 12.8. The van der Waals surface area contributed by atoms with Gasteiger partial charge in [0, 0.05) is 12.1 Å². The normalized spacial score (nSPS) is 15.4. The highest BCUT2D eigenvalue weighted by Gasteiger charge is 2.25. The number of carbonyl (C=O) groups is 1. The molecule has 1 aliphatic rings. The van der Waals surface area contributed by atoms with Crippen molar-refractivity contribution in [1.82, 2.24) is 10.2 Å². The molecule has 2 aromatic rings. The van der Waals surface area contributed by atoms with Gasteiger partial charge in [0.25, 0.3) is 5.91 Å². The summed E-state index contributed by atoms with van der Waals surface area (Å²) in [6.45, 7) is 2.70. The van der Waals surface area contributed by atoms with Crippen molar-refractivity contribution in [3.05, 3.63) is 40.1 Å². The molecule has 0 radical (unpaired) electrons. The van der Waals surface area contributed by atoms with Gasteiger partial charge in [-0.1, -0.05) is 0 Å². The number of rotatable bonds is 8. The van der Waals surface area contributed by atoms with Crippen molar-refractivity contribution >= 4 is 17.2 Å². The fourth-order valence-corrected chi connectivity index (χ4v) is 4.19. The van der Waals surface area contributed by atoms with Crippen LogP contribution in [0.4, 0.5) is 0 Å². The van der Waals surface area contributed by atoms with Crippen molar-refractivity contribution < 1.29 is 19.0 Å². The highest BCUT2D eigenvalue weighted by molar-refractivity contribution is 7.07. The molecule has 2 heterocycles. The van der Waals surface area contributed by atoms with E-state index >= 15 is 0 Å². The van der Waals surface area contributed by atoms with E-state index in [2.05, 4.69) is 27.0 Å². The summed E-state index contributed by atoms with van der Waals surface area (Å²) in [4.78, 5) is 15.2. The highest BCUT2D eigenvalue weighted by atomic mass is 32.1. The van der Waals surface area contributed by atoms with Crippen molar-refractivity contribution in [3.63, 3.8) is 0 Å². The van der Waals surface area contributed by atoms with Crippen molar-refractivity contribution in [2.45, 2.75) is 18.9 Å². The summed E-state index contributed by atoms with van der Waals surface area (Å²) < 4.78 is 16.0. The van der Waals surface area contributed by atoms with E-state index in [1.165, 1.54) is 18.4 Å². The van der Waals surface area contributed by atoms with Crippen LogP contribution in [0.1, 0.15) is 34.8 Å². The monoisotopic (exact) mass is 390 g/mol. The van der Waals surface area contributed by atoms with Gasteiger partial charge >= 0.3 is 0 Å². The van der Waals surface area contributed by atoms with Gasteiger partial charge in [0.1, 0.15) is 0 Å². The SMILES string of the molecule is COc1cc(C(=O)NC[C@H](c2ccsc2)N2CCCC2)cc(OC)c1OC. The third kappa shape index (κ3) is 4.36. The van der Waals surface area contributed by atoms with Crippen LogP contribution in [-0.4, -0.2) is 51.8 Å². The number of carbonyl (C=O) groups excluding carboxylic acids is 1. The van der Waals surface area contributed by atoms with Gasteiger partial charge in [-0.25, -0.2) is 0 Å². The van der Waals surface area contributed by atoms with Crippen LogP contribution < -0.4 is 19.5 Å². The second kappa shape index (κ2) is 9.10. The second-order valence-electron chi connectivity index (χ2n) is 6.44. The van der Waals surface area contributed by atoms with E-state index in [1.807, 2.05) is 0 Å². The maximum Gasteiger partial charge on any atom is 0.251 e. The lowest BCUT2D eigenvalue weighted by Crippen LogP contribution is -2.36. The van der Waals surface area contributed by atoms with E-state index in [1.54, 1.807) is 44.8 Å². The summed E-state index contributed by atoms with van der Waals surface area (Å²) in [5.41, 5.74) is 1.74. The zero-order chi connectivity index (χ0) is 19.2. The predicted octanol–water partition coefficient (Wildman–Crippen LogP) is 3.34. The first-order chi connectivity index (χ1) is 13.2. The average molecular weight is 391 g/mol. The summed E-state index contributed by atoms with van der Waals surface area (Å²) >= 11 is 1.68. The van der Waals surface area contributed by atoms with E-state index < -0.39 is 0 Å². The number of thiophene rings is 1. The molecular formula is C20H26N2O4S. The van der Waals surface area contributed by atoms with Gasteiger partial charge in [0.2, 0.25) is 5.75 Å². The molecule has 1 N–H and O–H groups in total. The molecule has 7 heteroatoms. The van der Waals surface area contributed by atoms with Crippen LogP contribution in [0.3, 0.4) is 0 Å². The fraction of sp³-hybridized carbons (Fsp3) is 0.450. The topological polar surface area (TPSA) is 60.0 Å². The molecule has 27 heavy (non-hydrogen) atoms. The van der Waals surface area contributed by atoms with Crippen molar-refractivity contribution in [1.29, 1.82) is 0 Å². The summed E-state index contributed by atoms with van der Waals surface area (Å²) in [7, 11) is 4.62. The lowest BCUT2D eigenvalue weighted by atomic mass is 10.1. The van der Waals surface area contributed by atoms with Crippen molar-refractivity contribution in [2.75, 3.05) is 41.0 Å². The number of ether oxygens (including phenoxy) is 3. The number of benzene rings is 1. The van der Waals surface area contributed by atoms with Crippen LogP contribution in [0.15, 0.2) is 29.0 Å². The minimum Gasteiger partial charge on any atom is -0.493 e. The molecule has 146 valence electrons. The van der Waals surface area contributed by atoms with E-state index in [-0.39, 0.29) is 11.9 Å². The smallest absolute Gasteiger partial charge is 0.251 e. The molecule has 0 saturated carbocycles. The molecule has 1 fully saturated rings. The summed E-state index contributed by atoms with van der Waals surface area (Å²) in [5, 5.41) is 7.32. The Bertz CT molecular complexity index is 732. The quantitative estimate of drug-likeness (QED) is 0.749. The summed E-state index contributed by atoms with van der Waals surface area (Å²) in [5.74, 6) is 1.25. The number of hydrogen-bond donors (Lipinski definition) is 1. The van der Waals surface area contributed by atoms with Crippen LogP contribution in [-0.2, 0) is 0 Å². The van der Waals surface area contributed by atoms with Gasteiger partial charge in [0.05, 0.1) is 27.4 Å². The standard InChI is InChI=1S/C20H26N2O4S/c1-24-17-10-15(11-18(25-2)19(17)26-3)20(23)21-12-16(14-6-9-27-13-14)22-7-4-5-8-22/h6,9-11,13,16H,4-5,7-8,12H2,1-3H3,(H,21,23)/t16-/m1/s1. The fourth-order valence-electron chi connectivity index (χ4n) is 3.48. The minimum absolute atomic E-state index is 0.159. The van der Waals surface area contributed by atoms with Crippen LogP contribution >= 0.6 is 11.3 Å². The van der Waals surface area contributed by atoms with Gasteiger partial charge < -0.3 is 19.5 Å². The highest BCUT2D eigenvalue weighted by Crippen LogP contribution is 2.38. The molecule has 1 saturated heterocycles. The Morgan fingerprint density at radius 2 is 1.81 bits per heavy atom. The molecule has 1 amide bonds. The number of hydrogen-bond acceptors (Lipinski definition) is 6. The third-order valence-electron chi connectivity index (χ3n) is 4.89. The van der Waals surface area contributed by atoms with E-state index in [0.29, 0.717) is 29.4 Å². The zero-order valence-corrected chi connectivity index (χ0v) is 16.8. The maximum atomic E-state index is 12.8. The van der Waals surface area contributed by atoms with E-state index in [0.717, 1.165) is 13.1 Å². The first-order valence-electron chi connectivity index (χ1n) is 9.02. The lowest BCUT2D eigenvalue weighted by molar-refractivity contribution is 0.0937. The molecule has 1 aromatic carbocycles. The molecule has 1 aliphatic heterocycles. The minimum atomic E-state index is -0.159. The molecular weight excluding hydrogens is 364 g/mol. The Labute approximate surface area is 164 Å². The van der Waals surface area contributed by atoms with Crippen LogP contribution in [0.5, 0.6) is 17.2 Å². The second-order valence-corrected chi connectivity index (χ2v) is 7.22. The third-order valence-corrected chi connectivity index (χ3v) is 5.59. The first kappa shape index (κ1) is 19.5. The predicted molar refractivity (Wildman–Crippen MR) is 106 cm³/mol. The van der Waals surface area contributed by atoms with Gasteiger partial charge in [-0.2, -0.15) is 11.3 Å². The molecule has 1 aromatic heterocycles. The number of likely N-dealkylation sites (tertiary alicyclic amines) is 1. The van der Waals surface area contributed by atoms with Crippen LogP contribution in [0.2, 0.25) is 0 Å². The van der Waals surface area contributed by atoms with Crippen molar-refractivity contribution in [2.24, 2.45) is 0 Å². The zero-order valence-electron chi connectivity index (χ0n) is 16.0. The summed E-state index contributed by atoms with van der Waals surface area (Å²) in [6, 6.07) is 5.68. The van der Waals surface area contributed by atoms with E-state index in [4.69, 9.17) is 14.2 Å². The van der Waals surface area contributed by atoms with Gasteiger partial charge in [0.15, 0.2) is 11.5 Å². The lowest BCUT2D eigenvalue weighted by Gasteiger charge is -2.27. The number of methoxy groups -OCH3 is 3. The Morgan fingerprint density at radius 3 is 2.33 bits per heavy atom. The van der Waals surface area contributed by atoms with Gasteiger partial charge in [-0.15, -0.1) is 0 Å². The molecule has 3 rings (SSSR count). The van der Waals surface area contributed by atoms with Crippen LogP contribution in [0.25, 0.3) is 0 Å². The number of nitrogens with zero attached hydrogens (tertiary/aromatic N) is 1. The average Bonchev–Trinajstić information content (AvgIpc) is 3.41. The molecule has 1 atom stereocenters. The van der Waals surface area contributed by atoms with Gasteiger partial charge in [-0.05, 0) is 60.5 Å². The summed E-state index contributed by atoms with van der Waals surface area (Å²) in [6.07, 6.45) is 2.42. The molecule has 0 bridgehead atoms. The number of nitrogens with one attached hydrogen (secondary N) is 1. The molecule has 6 nitrogen and oxygen atoms in total. The molecule has 0 aliphatic carbocycles. The van der Waals surface area contributed by atoms with Gasteiger partial charge in [-0.3, -0.25) is 9.69 Å². The first-order valence-corrected chi connectivity index (χ1v) is 9.96. The van der Waals surface area contributed by atoms with Crippen LogP contribution in [0, 0.1) is 0 Å². The molecule has 0 unspecified atom stereocenters. The molecule has 0 spiro atoms. The number of amides is 1. The largest absolute Gasteiger partial charge is 0.493 e. The van der Waals surface area contributed by atoms with E-state index in [9.17, 15) is 4.79 Å².